The van der Waals surface area contributed by atoms with Crippen molar-refractivity contribution in [3.8, 4) is 0 Å². The number of anilines is 1. The first kappa shape index (κ1) is 14.9. The molecule has 1 aromatic rings. The molecule has 0 saturated carbocycles. The standard InChI is InChI=1S/C13H19N3O3/c1-8(2)6-9(3)12(17)14-11-7-10(13(18)19-5)16(4)15-11/h7,9H,1,6H2,2-5H3,(H,14,15,17). The van der Waals surface area contributed by atoms with Gasteiger partial charge in [-0.2, -0.15) is 5.10 Å². The van der Waals surface area contributed by atoms with E-state index < -0.39 is 5.97 Å². The van der Waals surface area contributed by atoms with Gasteiger partial charge in [0.25, 0.3) is 0 Å². The summed E-state index contributed by atoms with van der Waals surface area (Å²) in [7, 11) is 2.90. The Balaban J connectivity index is 2.75. The monoisotopic (exact) mass is 265 g/mol. The first-order valence-corrected chi connectivity index (χ1v) is 5.92. The Bertz CT molecular complexity index is 505. The van der Waals surface area contributed by atoms with Crippen LogP contribution in [0.4, 0.5) is 5.82 Å². The van der Waals surface area contributed by atoms with Gasteiger partial charge in [-0.05, 0) is 13.3 Å². The van der Waals surface area contributed by atoms with Crippen LogP contribution in [0, 0.1) is 5.92 Å². The predicted molar refractivity (Wildman–Crippen MR) is 71.8 cm³/mol. The van der Waals surface area contributed by atoms with Gasteiger partial charge in [0.05, 0.1) is 7.11 Å². The number of esters is 1. The van der Waals surface area contributed by atoms with E-state index in [2.05, 4.69) is 21.7 Å². The summed E-state index contributed by atoms with van der Waals surface area (Å²) in [4.78, 5) is 23.3. The van der Waals surface area contributed by atoms with Gasteiger partial charge in [0.2, 0.25) is 5.91 Å². The highest BCUT2D eigenvalue weighted by molar-refractivity contribution is 5.94. The Hall–Kier alpha value is -2.11. The summed E-state index contributed by atoms with van der Waals surface area (Å²) in [5, 5.41) is 6.71. The van der Waals surface area contributed by atoms with Gasteiger partial charge in [0.15, 0.2) is 5.82 Å². The molecular formula is C13H19N3O3. The second-order valence-electron chi connectivity index (χ2n) is 4.58. The number of methoxy groups -OCH3 is 1. The van der Waals surface area contributed by atoms with Gasteiger partial charge in [-0.15, -0.1) is 6.58 Å². The van der Waals surface area contributed by atoms with Gasteiger partial charge in [0.1, 0.15) is 5.69 Å². The molecule has 6 heteroatoms. The highest BCUT2D eigenvalue weighted by Crippen LogP contribution is 2.14. The predicted octanol–water partition coefficient (Wildman–Crippen LogP) is 1.75. The molecule has 1 aromatic heterocycles. The molecule has 0 spiro atoms. The molecular weight excluding hydrogens is 246 g/mol. The lowest BCUT2D eigenvalue weighted by Gasteiger charge is -2.09. The van der Waals surface area contributed by atoms with Crippen LogP contribution in [-0.4, -0.2) is 28.8 Å². The van der Waals surface area contributed by atoms with Crippen molar-refractivity contribution in [3.63, 3.8) is 0 Å². The molecule has 0 aliphatic carbocycles. The van der Waals surface area contributed by atoms with Crippen LogP contribution < -0.4 is 5.32 Å². The zero-order valence-corrected chi connectivity index (χ0v) is 11.7. The number of carbonyl (C=O) groups excluding carboxylic acids is 2. The molecule has 1 unspecified atom stereocenters. The Morgan fingerprint density at radius 3 is 2.74 bits per heavy atom. The minimum absolute atomic E-state index is 0.155. The third-order valence-corrected chi connectivity index (χ3v) is 2.63. The average Bonchev–Trinajstić information content (AvgIpc) is 2.68. The maximum atomic E-state index is 11.9. The number of hydrogen-bond donors (Lipinski definition) is 1. The number of nitrogens with zero attached hydrogens (tertiary/aromatic N) is 2. The molecule has 0 fully saturated rings. The minimum atomic E-state index is -0.495. The number of rotatable bonds is 5. The van der Waals surface area contributed by atoms with Crippen molar-refractivity contribution in [2.75, 3.05) is 12.4 Å². The first-order valence-electron chi connectivity index (χ1n) is 5.92. The number of aromatic nitrogens is 2. The maximum absolute atomic E-state index is 11.9. The molecule has 1 amide bonds. The summed E-state index contributed by atoms with van der Waals surface area (Å²) in [6.07, 6.45) is 0.614. The minimum Gasteiger partial charge on any atom is -0.464 e. The zero-order chi connectivity index (χ0) is 14.6. The Morgan fingerprint density at radius 1 is 1.58 bits per heavy atom. The van der Waals surface area contributed by atoms with Crippen LogP contribution in [0.15, 0.2) is 18.2 Å². The van der Waals surface area contributed by atoms with E-state index in [9.17, 15) is 9.59 Å². The maximum Gasteiger partial charge on any atom is 0.356 e. The van der Waals surface area contributed by atoms with E-state index in [4.69, 9.17) is 0 Å². The Kier molecular flexibility index (Phi) is 4.86. The molecule has 1 N–H and O–H groups in total. The lowest BCUT2D eigenvalue weighted by atomic mass is 10.0. The lowest BCUT2D eigenvalue weighted by molar-refractivity contribution is -0.119. The van der Waals surface area contributed by atoms with Gasteiger partial charge in [-0.25, -0.2) is 4.79 Å². The second kappa shape index (κ2) is 6.17. The lowest BCUT2D eigenvalue weighted by Crippen LogP contribution is -2.20. The summed E-state index contributed by atoms with van der Waals surface area (Å²) in [6.45, 7) is 7.46. The highest BCUT2D eigenvalue weighted by Gasteiger charge is 2.17. The number of amides is 1. The summed E-state index contributed by atoms with van der Waals surface area (Å²) < 4.78 is 5.98. The number of ether oxygens (including phenoxy) is 1. The van der Waals surface area contributed by atoms with Crippen LogP contribution >= 0.6 is 0 Å². The smallest absolute Gasteiger partial charge is 0.356 e. The van der Waals surface area contributed by atoms with Crippen molar-refractivity contribution in [2.24, 2.45) is 13.0 Å². The molecule has 0 bridgehead atoms. The van der Waals surface area contributed by atoms with Crippen LogP contribution in [0.1, 0.15) is 30.8 Å². The van der Waals surface area contributed by atoms with Gasteiger partial charge >= 0.3 is 5.97 Å². The van der Waals surface area contributed by atoms with E-state index in [0.29, 0.717) is 12.2 Å². The molecule has 0 aliphatic heterocycles. The quantitative estimate of drug-likeness (QED) is 0.650. The van der Waals surface area contributed by atoms with Crippen molar-refractivity contribution < 1.29 is 14.3 Å². The summed E-state index contributed by atoms with van der Waals surface area (Å²) in [5.41, 5.74) is 1.23. The molecule has 0 saturated heterocycles. The zero-order valence-electron chi connectivity index (χ0n) is 11.7. The fourth-order valence-corrected chi connectivity index (χ4v) is 1.69. The number of aryl methyl sites for hydroxylation is 1. The molecule has 6 nitrogen and oxygen atoms in total. The Morgan fingerprint density at radius 2 is 2.21 bits per heavy atom. The van der Waals surface area contributed by atoms with E-state index in [1.807, 2.05) is 13.8 Å². The molecule has 1 rings (SSSR count). The number of nitrogens with one attached hydrogen (secondary N) is 1. The summed E-state index contributed by atoms with van der Waals surface area (Å²) in [5.74, 6) is -0.509. The number of carbonyl (C=O) groups is 2. The van der Waals surface area contributed by atoms with Gasteiger partial charge in [-0.1, -0.05) is 12.5 Å². The van der Waals surface area contributed by atoms with E-state index in [-0.39, 0.29) is 17.5 Å². The van der Waals surface area contributed by atoms with E-state index in [0.717, 1.165) is 5.57 Å². The third-order valence-electron chi connectivity index (χ3n) is 2.63. The number of allylic oxidation sites excluding steroid dienone is 1. The first-order chi connectivity index (χ1) is 8.85. The van der Waals surface area contributed by atoms with Crippen LogP contribution in [-0.2, 0) is 16.6 Å². The third kappa shape index (κ3) is 3.94. The summed E-state index contributed by atoms with van der Waals surface area (Å²) in [6, 6.07) is 1.48. The van der Waals surface area contributed by atoms with E-state index in [1.54, 1.807) is 7.05 Å². The van der Waals surface area contributed by atoms with Crippen molar-refractivity contribution in [2.45, 2.75) is 20.3 Å². The van der Waals surface area contributed by atoms with Crippen LogP contribution in [0.2, 0.25) is 0 Å². The van der Waals surface area contributed by atoms with E-state index in [1.165, 1.54) is 17.9 Å². The SMILES string of the molecule is C=C(C)CC(C)C(=O)Nc1cc(C(=O)OC)n(C)n1. The fourth-order valence-electron chi connectivity index (χ4n) is 1.69. The summed E-state index contributed by atoms with van der Waals surface area (Å²) >= 11 is 0. The van der Waals surface area contributed by atoms with Gasteiger partial charge in [0, 0.05) is 19.0 Å². The van der Waals surface area contributed by atoms with Crippen molar-refractivity contribution in [1.29, 1.82) is 0 Å². The van der Waals surface area contributed by atoms with Crippen molar-refractivity contribution >= 4 is 17.7 Å². The van der Waals surface area contributed by atoms with Crippen LogP contribution in [0.5, 0.6) is 0 Å². The molecule has 1 heterocycles. The van der Waals surface area contributed by atoms with Crippen LogP contribution in [0.3, 0.4) is 0 Å². The molecule has 19 heavy (non-hydrogen) atoms. The highest BCUT2D eigenvalue weighted by atomic mass is 16.5. The van der Waals surface area contributed by atoms with E-state index >= 15 is 0 Å². The topological polar surface area (TPSA) is 73.2 Å². The van der Waals surface area contributed by atoms with Crippen molar-refractivity contribution in [3.05, 3.63) is 23.9 Å². The number of hydrogen-bond acceptors (Lipinski definition) is 4. The van der Waals surface area contributed by atoms with Gasteiger partial charge < -0.3 is 10.1 Å². The molecule has 0 radical (unpaired) electrons. The second-order valence-corrected chi connectivity index (χ2v) is 4.58. The normalized spacial score (nSPS) is 11.8. The van der Waals surface area contributed by atoms with Crippen molar-refractivity contribution in [1.82, 2.24) is 9.78 Å². The molecule has 0 aliphatic rings. The fraction of sp³-hybridized carbons (Fsp3) is 0.462. The Labute approximate surface area is 112 Å². The average molecular weight is 265 g/mol. The van der Waals surface area contributed by atoms with Gasteiger partial charge in [-0.3, -0.25) is 9.48 Å². The molecule has 1 atom stereocenters. The molecule has 104 valence electrons. The van der Waals surface area contributed by atoms with Crippen LogP contribution in [0.25, 0.3) is 0 Å². The largest absolute Gasteiger partial charge is 0.464 e. The molecule has 0 aromatic carbocycles.